The first kappa shape index (κ1) is 27.4. The molecule has 0 aromatic heterocycles. The normalized spacial score (nSPS) is 31.8. The summed E-state index contributed by atoms with van der Waals surface area (Å²) in [6.07, 6.45) is 8.35. The minimum absolute atomic E-state index is 0.00837. The van der Waals surface area contributed by atoms with E-state index >= 15 is 0 Å². The summed E-state index contributed by atoms with van der Waals surface area (Å²) in [6.45, 7) is 10.9. The number of aliphatic hydroxyl groups is 1. The van der Waals surface area contributed by atoms with Crippen molar-refractivity contribution in [2.45, 2.75) is 51.4 Å². The second-order valence-electron chi connectivity index (χ2n) is 11.0. The third kappa shape index (κ3) is 4.17. The van der Waals surface area contributed by atoms with E-state index in [9.17, 15) is 19.5 Å². The van der Waals surface area contributed by atoms with Crippen LogP contribution in [-0.2, 0) is 19.1 Å². The molecule has 9 heteroatoms. The molecule has 2 saturated heterocycles. The number of rotatable bonds is 8. The number of likely N-dealkylation sites (tertiary alicyclic amines) is 1. The number of anilines is 2. The quantitative estimate of drug-likeness (QED) is 0.512. The van der Waals surface area contributed by atoms with Crippen molar-refractivity contribution in [3.8, 4) is 0 Å². The van der Waals surface area contributed by atoms with Gasteiger partial charge in [-0.05, 0) is 51.5 Å². The summed E-state index contributed by atoms with van der Waals surface area (Å²) in [4.78, 5) is 49.4. The largest absolute Gasteiger partial charge is 0.395 e. The number of fused-ring (bicyclic) bond motifs is 2. The molecule has 4 aliphatic rings. The molecule has 1 aromatic rings. The topological polar surface area (TPSA) is 93.6 Å². The Morgan fingerprint density at radius 3 is 2.26 bits per heavy atom. The number of carbonyl (C=O) groups is 3. The molecule has 5 rings (SSSR count). The number of carbonyl (C=O) groups excluding carboxylic acids is 3. The van der Waals surface area contributed by atoms with Crippen LogP contribution in [0, 0.1) is 11.8 Å². The zero-order valence-corrected chi connectivity index (χ0v) is 23.4. The van der Waals surface area contributed by atoms with E-state index < -0.39 is 29.1 Å². The van der Waals surface area contributed by atoms with Gasteiger partial charge in [0.2, 0.25) is 11.8 Å². The van der Waals surface area contributed by atoms with Gasteiger partial charge in [0.15, 0.2) is 0 Å². The first-order chi connectivity index (χ1) is 18.8. The van der Waals surface area contributed by atoms with E-state index in [1.165, 1.54) is 4.90 Å². The average molecular weight is 537 g/mol. The average Bonchev–Trinajstić information content (AvgIpc) is 3.18. The van der Waals surface area contributed by atoms with Gasteiger partial charge in [0.25, 0.3) is 5.91 Å². The van der Waals surface area contributed by atoms with E-state index in [1.807, 2.05) is 62.4 Å². The van der Waals surface area contributed by atoms with Crippen molar-refractivity contribution < 1.29 is 24.2 Å². The molecule has 9 nitrogen and oxygen atoms in total. The predicted octanol–water partition coefficient (Wildman–Crippen LogP) is 2.21. The lowest BCUT2D eigenvalue weighted by molar-refractivity contribution is -0.148. The number of β-amino-alcohol motifs (C(OH)–C–C–N with tert-alkyl or cyclic N) is 1. The van der Waals surface area contributed by atoms with Crippen LogP contribution in [-0.4, -0.2) is 95.7 Å². The molecule has 1 spiro atoms. The monoisotopic (exact) mass is 536 g/mol. The lowest BCUT2D eigenvalue weighted by Crippen LogP contribution is -2.56. The molecule has 1 aromatic carbocycles. The van der Waals surface area contributed by atoms with Gasteiger partial charge >= 0.3 is 0 Å². The van der Waals surface area contributed by atoms with Crippen LogP contribution in [0.5, 0.6) is 0 Å². The lowest BCUT2D eigenvalue weighted by atomic mass is 9.74. The fraction of sp³-hybridized carbons (Fsp3) is 0.567. The summed E-state index contributed by atoms with van der Waals surface area (Å²) in [5.74, 6) is -2.35. The minimum Gasteiger partial charge on any atom is -0.395 e. The Balaban J connectivity index is 1.56. The Morgan fingerprint density at radius 1 is 0.923 bits per heavy atom. The van der Waals surface area contributed by atoms with Crippen LogP contribution in [0.15, 0.2) is 48.6 Å². The summed E-state index contributed by atoms with van der Waals surface area (Å²) in [6, 6.07) is 6.87. The molecule has 210 valence electrons. The SMILES string of the molecule is CCCN1CC=C[C@@]2(C)O[C@]34C=CCN(c5ccc(N(CC)CC)cc5)C(=O)C3N(CCO)C(=O)[C@@H]4[C@H]2C1=O. The van der Waals surface area contributed by atoms with Crippen LogP contribution < -0.4 is 9.80 Å². The third-order valence-corrected chi connectivity index (χ3v) is 8.76. The Hall–Kier alpha value is -3.17. The Morgan fingerprint density at radius 2 is 1.62 bits per heavy atom. The highest BCUT2D eigenvalue weighted by atomic mass is 16.5. The second-order valence-corrected chi connectivity index (χ2v) is 11.0. The van der Waals surface area contributed by atoms with Crippen molar-refractivity contribution in [2.24, 2.45) is 11.8 Å². The van der Waals surface area contributed by atoms with E-state index in [-0.39, 0.29) is 30.9 Å². The molecule has 3 amide bonds. The number of benzene rings is 1. The van der Waals surface area contributed by atoms with Crippen LogP contribution in [0.25, 0.3) is 0 Å². The van der Waals surface area contributed by atoms with E-state index in [0.717, 1.165) is 30.9 Å². The van der Waals surface area contributed by atoms with Gasteiger partial charge in [-0.25, -0.2) is 0 Å². The van der Waals surface area contributed by atoms with Crippen LogP contribution in [0.2, 0.25) is 0 Å². The lowest BCUT2D eigenvalue weighted by Gasteiger charge is -2.37. The second kappa shape index (κ2) is 10.4. The van der Waals surface area contributed by atoms with Crippen molar-refractivity contribution in [2.75, 3.05) is 55.7 Å². The van der Waals surface area contributed by atoms with Gasteiger partial charge in [-0.3, -0.25) is 14.4 Å². The van der Waals surface area contributed by atoms with Crippen LogP contribution in [0.1, 0.15) is 34.1 Å². The molecule has 5 atom stereocenters. The Labute approximate surface area is 230 Å². The highest BCUT2D eigenvalue weighted by Gasteiger charge is 2.74. The third-order valence-electron chi connectivity index (χ3n) is 8.76. The van der Waals surface area contributed by atoms with Gasteiger partial charge in [-0.15, -0.1) is 0 Å². The highest BCUT2D eigenvalue weighted by molar-refractivity contribution is 6.06. The number of nitrogens with zero attached hydrogens (tertiary/aromatic N) is 4. The number of hydrogen-bond acceptors (Lipinski definition) is 6. The zero-order chi connectivity index (χ0) is 27.9. The fourth-order valence-corrected chi connectivity index (χ4v) is 7.05. The van der Waals surface area contributed by atoms with Crippen molar-refractivity contribution in [1.82, 2.24) is 9.80 Å². The molecule has 39 heavy (non-hydrogen) atoms. The number of aliphatic hydroxyl groups excluding tert-OH is 1. The van der Waals surface area contributed by atoms with Crippen LogP contribution >= 0.6 is 0 Å². The van der Waals surface area contributed by atoms with Crippen molar-refractivity contribution >= 4 is 29.1 Å². The first-order valence-electron chi connectivity index (χ1n) is 14.2. The number of amides is 3. The first-order valence-corrected chi connectivity index (χ1v) is 14.2. The van der Waals surface area contributed by atoms with Gasteiger partial charge < -0.3 is 29.4 Å². The fourth-order valence-electron chi connectivity index (χ4n) is 7.05. The van der Waals surface area contributed by atoms with Crippen molar-refractivity contribution in [3.63, 3.8) is 0 Å². The molecule has 1 N–H and O–H groups in total. The summed E-state index contributed by atoms with van der Waals surface area (Å²) in [5, 5.41) is 9.89. The maximum absolute atomic E-state index is 14.4. The van der Waals surface area contributed by atoms with Gasteiger partial charge in [0, 0.05) is 50.6 Å². The highest BCUT2D eigenvalue weighted by Crippen LogP contribution is 2.57. The molecule has 2 fully saturated rings. The van der Waals surface area contributed by atoms with E-state index in [0.29, 0.717) is 19.6 Å². The summed E-state index contributed by atoms with van der Waals surface area (Å²) < 4.78 is 6.79. The standard InChI is InChI=1S/C30H40N4O5/c1-5-16-32-17-8-14-29(4)23(26(32)36)24-27(37)34(19-20-35)25-28(38)33(18-9-15-30(24,25)39-29)22-12-10-21(11-13-22)31(6-2)7-3/h8-15,23-25,35H,5-7,16-20H2,1-4H3/t23-,24-,25?,29+,30-/m0/s1. The van der Waals surface area contributed by atoms with E-state index in [4.69, 9.17) is 4.74 Å². The number of hydrogen-bond donors (Lipinski definition) is 1. The maximum Gasteiger partial charge on any atom is 0.253 e. The molecular formula is C30H40N4O5. The maximum atomic E-state index is 14.4. The smallest absolute Gasteiger partial charge is 0.253 e. The van der Waals surface area contributed by atoms with Crippen molar-refractivity contribution in [3.05, 3.63) is 48.6 Å². The molecule has 4 heterocycles. The predicted molar refractivity (Wildman–Crippen MR) is 149 cm³/mol. The summed E-state index contributed by atoms with van der Waals surface area (Å²) in [7, 11) is 0. The van der Waals surface area contributed by atoms with Crippen LogP contribution in [0.3, 0.4) is 0 Å². The molecule has 0 saturated carbocycles. The minimum atomic E-state index is -1.31. The Bertz CT molecular complexity index is 1180. The zero-order valence-electron chi connectivity index (χ0n) is 23.4. The van der Waals surface area contributed by atoms with Crippen LogP contribution in [0.4, 0.5) is 11.4 Å². The molecular weight excluding hydrogens is 496 g/mol. The van der Waals surface area contributed by atoms with E-state index in [2.05, 4.69) is 18.7 Å². The molecule has 4 aliphatic heterocycles. The molecule has 0 bridgehead atoms. The number of ether oxygens (including phenoxy) is 1. The molecule has 0 aliphatic carbocycles. The van der Waals surface area contributed by atoms with Crippen molar-refractivity contribution in [1.29, 1.82) is 0 Å². The van der Waals surface area contributed by atoms with Gasteiger partial charge in [0.1, 0.15) is 11.6 Å². The van der Waals surface area contributed by atoms with Gasteiger partial charge in [0.05, 0.1) is 24.0 Å². The molecule has 0 radical (unpaired) electrons. The molecule has 1 unspecified atom stereocenters. The van der Waals surface area contributed by atoms with E-state index in [1.54, 1.807) is 9.80 Å². The van der Waals surface area contributed by atoms with Gasteiger partial charge in [-0.1, -0.05) is 31.2 Å². The summed E-state index contributed by atoms with van der Waals surface area (Å²) >= 11 is 0. The Kier molecular flexibility index (Phi) is 7.33. The summed E-state index contributed by atoms with van der Waals surface area (Å²) in [5.41, 5.74) is -0.547. The van der Waals surface area contributed by atoms with Gasteiger partial charge in [-0.2, -0.15) is 0 Å².